The molecule has 1 unspecified atom stereocenters. The van der Waals surface area contributed by atoms with Crippen molar-refractivity contribution in [3.05, 3.63) is 22.4 Å². The molecule has 0 bridgehead atoms. The summed E-state index contributed by atoms with van der Waals surface area (Å²) >= 11 is 1.53. The lowest BCUT2D eigenvalue weighted by Crippen LogP contribution is -2.32. The molecule has 1 rings (SSSR count). The topological polar surface area (TPSA) is 67.4 Å². The Morgan fingerprint density at radius 2 is 2.26 bits per heavy atom. The van der Waals surface area contributed by atoms with Crippen molar-refractivity contribution in [2.24, 2.45) is 0 Å². The number of rotatable bonds is 8. The lowest BCUT2D eigenvalue weighted by Gasteiger charge is -2.16. The molecule has 1 aromatic rings. The predicted molar refractivity (Wildman–Crippen MR) is 75.0 cm³/mol. The van der Waals surface area contributed by atoms with Crippen LogP contribution in [0, 0.1) is 0 Å². The molecule has 0 aliphatic carbocycles. The maximum atomic E-state index is 11.8. The van der Waals surface area contributed by atoms with Crippen LogP contribution in [-0.4, -0.2) is 32.1 Å². The summed E-state index contributed by atoms with van der Waals surface area (Å²) in [6.07, 6.45) is 1.04. The quantitative estimate of drug-likeness (QED) is 0.710. The van der Waals surface area contributed by atoms with Crippen molar-refractivity contribution in [3.63, 3.8) is 0 Å². The number of hydrogen-bond donors (Lipinski definition) is 2. The fourth-order valence-corrected chi connectivity index (χ4v) is 2.44. The van der Waals surface area contributed by atoms with Crippen molar-refractivity contribution in [2.75, 3.05) is 20.3 Å². The molecular formula is C13H20N2O3S. The Morgan fingerprint density at radius 1 is 1.47 bits per heavy atom. The third kappa shape index (κ3) is 6.35. The largest absolute Gasteiger partial charge is 0.385 e. The van der Waals surface area contributed by atoms with Gasteiger partial charge >= 0.3 is 0 Å². The Hall–Kier alpha value is -1.40. The summed E-state index contributed by atoms with van der Waals surface area (Å²) in [4.78, 5) is 24.0. The smallest absolute Gasteiger partial charge is 0.222 e. The Labute approximate surface area is 117 Å². The number of methoxy groups -OCH3 is 1. The second-order valence-corrected chi connectivity index (χ2v) is 5.15. The summed E-state index contributed by atoms with van der Waals surface area (Å²) in [5, 5.41) is 7.55. The molecule has 19 heavy (non-hydrogen) atoms. The van der Waals surface area contributed by atoms with Gasteiger partial charge in [0, 0.05) is 32.1 Å². The maximum Gasteiger partial charge on any atom is 0.222 e. The van der Waals surface area contributed by atoms with E-state index in [-0.39, 0.29) is 24.3 Å². The SMILES string of the molecule is COCCCNC(=O)CC(NC(C)=O)c1cccs1. The van der Waals surface area contributed by atoms with Crippen LogP contribution in [0.4, 0.5) is 0 Å². The van der Waals surface area contributed by atoms with Gasteiger partial charge in [-0.3, -0.25) is 9.59 Å². The van der Waals surface area contributed by atoms with Crippen LogP contribution in [0.1, 0.15) is 30.7 Å². The second-order valence-electron chi connectivity index (χ2n) is 4.17. The lowest BCUT2D eigenvalue weighted by molar-refractivity contribution is -0.122. The third-order valence-corrected chi connectivity index (χ3v) is 3.49. The molecule has 0 spiro atoms. The summed E-state index contributed by atoms with van der Waals surface area (Å²) in [6.45, 7) is 2.67. The van der Waals surface area contributed by atoms with E-state index in [0.29, 0.717) is 13.2 Å². The fraction of sp³-hybridized carbons (Fsp3) is 0.538. The average molecular weight is 284 g/mol. The molecule has 0 aromatic carbocycles. The molecule has 0 radical (unpaired) electrons. The third-order valence-electron chi connectivity index (χ3n) is 2.50. The molecule has 6 heteroatoms. The first-order chi connectivity index (χ1) is 9.13. The minimum Gasteiger partial charge on any atom is -0.385 e. The van der Waals surface area contributed by atoms with Gasteiger partial charge in [-0.15, -0.1) is 11.3 Å². The van der Waals surface area contributed by atoms with Gasteiger partial charge in [0.1, 0.15) is 0 Å². The number of ether oxygens (including phenoxy) is 1. The molecule has 2 N–H and O–H groups in total. The van der Waals surface area contributed by atoms with Crippen LogP contribution in [-0.2, 0) is 14.3 Å². The molecule has 0 fully saturated rings. The van der Waals surface area contributed by atoms with Crippen LogP contribution in [0.3, 0.4) is 0 Å². The zero-order valence-electron chi connectivity index (χ0n) is 11.3. The van der Waals surface area contributed by atoms with Crippen molar-refractivity contribution >= 4 is 23.2 Å². The fourth-order valence-electron chi connectivity index (χ4n) is 1.66. The Balaban J connectivity index is 2.44. The normalized spacial score (nSPS) is 11.9. The Morgan fingerprint density at radius 3 is 2.84 bits per heavy atom. The summed E-state index contributed by atoms with van der Waals surface area (Å²) < 4.78 is 4.91. The van der Waals surface area contributed by atoms with E-state index in [2.05, 4.69) is 10.6 Å². The van der Waals surface area contributed by atoms with E-state index >= 15 is 0 Å². The molecule has 0 saturated heterocycles. The highest BCUT2D eigenvalue weighted by Gasteiger charge is 2.17. The molecular weight excluding hydrogens is 264 g/mol. The number of thiophene rings is 1. The van der Waals surface area contributed by atoms with E-state index in [9.17, 15) is 9.59 Å². The van der Waals surface area contributed by atoms with E-state index in [4.69, 9.17) is 4.74 Å². The van der Waals surface area contributed by atoms with Gasteiger partial charge in [0.25, 0.3) is 0 Å². The van der Waals surface area contributed by atoms with Gasteiger partial charge < -0.3 is 15.4 Å². The van der Waals surface area contributed by atoms with E-state index < -0.39 is 0 Å². The van der Waals surface area contributed by atoms with Gasteiger partial charge in [-0.05, 0) is 17.9 Å². The van der Waals surface area contributed by atoms with Gasteiger partial charge in [-0.1, -0.05) is 6.07 Å². The van der Waals surface area contributed by atoms with Gasteiger partial charge in [-0.2, -0.15) is 0 Å². The summed E-state index contributed by atoms with van der Waals surface area (Å²) in [7, 11) is 1.63. The highest BCUT2D eigenvalue weighted by Crippen LogP contribution is 2.21. The van der Waals surface area contributed by atoms with Crippen molar-refractivity contribution < 1.29 is 14.3 Å². The molecule has 2 amide bonds. The second kappa shape index (κ2) is 8.66. The van der Waals surface area contributed by atoms with Gasteiger partial charge in [-0.25, -0.2) is 0 Å². The number of amides is 2. The molecule has 1 aromatic heterocycles. The summed E-state index contributed by atoms with van der Waals surface area (Å²) in [5.74, 6) is -0.200. The van der Waals surface area contributed by atoms with Crippen molar-refractivity contribution in [1.29, 1.82) is 0 Å². The lowest BCUT2D eigenvalue weighted by atomic mass is 10.1. The van der Waals surface area contributed by atoms with Gasteiger partial charge in [0.15, 0.2) is 0 Å². The monoisotopic (exact) mass is 284 g/mol. The Bertz CT molecular complexity index is 393. The van der Waals surface area contributed by atoms with Crippen LogP contribution < -0.4 is 10.6 Å². The highest BCUT2D eigenvalue weighted by molar-refractivity contribution is 7.10. The molecule has 0 aliphatic heterocycles. The van der Waals surface area contributed by atoms with Crippen LogP contribution >= 0.6 is 11.3 Å². The summed E-state index contributed by atoms with van der Waals surface area (Å²) in [6, 6.07) is 3.58. The standard InChI is InChI=1S/C13H20N2O3S/c1-10(16)15-11(12-5-3-8-19-12)9-13(17)14-6-4-7-18-2/h3,5,8,11H,4,6-7,9H2,1-2H3,(H,14,17)(H,15,16). The number of hydrogen-bond acceptors (Lipinski definition) is 4. The first-order valence-corrected chi connectivity index (χ1v) is 7.07. The zero-order chi connectivity index (χ0) is 14.1. The van der Waals surface area contributed by atoms with Gasteiger partial charge in [0.05, 0.1) is 12.5 Å². The molecule has 0 saturated carbocycles. The average Bonchev–Trinajstić information content (AvgIpc) is 2.87. The molecule has 106 valence electrons. The minimum absolute atomic E-state index is 0.0664. The van der Waals surface area contributed by atoms with Crippen LogP contribution in [0.15, 0.2) is 17.5 Å². The van der Waals surface area contributed by atoms with Crippen LogP contribution in [0.25, 0.3) is 0 Å². The number of carbonyl (C=O) groups excluding carboxylic acids is 2. The van der Waals surface area contributed by atoms with E-state index in [1.54, 1.807) is 7.11 Å². The van der Waals surface area contributed by atoms with Gasteiger partial charge in [0.2, 0.25) is 11.8 Å². The molecule has 1 heterocycles. The van der Waals surface area contributed by atoms with E-state index in [0.717, 1.165) is 11.3 Å². The summed E-state index contributed by atoms with van der Waals surface area (Å²) in [5.41, 5.74) is 0. The first-order valence-electron chi connectivity index (χ1n) is 6.19. The number of nitrogens with one attached hydrogen (secondary N) is 2. The van der Waals surface area contributed by atoms with E-state index in [1.807, 2.05) is 17.5 Å². The highest BCUT2D eigenvalue weighted by atomic mass is 32.1. The first kappa shape index (κ1) is 15.7. The van der Waals surface area contributed by atoms with Crippen molar-refractivity contribution in [3.8, 4) is 0 Å². The predicted octanol–water partition coefficient (Wildman–Crippen LogP) is 1.47. The van der Waals surface area contributed by atoms with Crippen LogP contribution in [0.5, 0.6) is 0 Å². The minimum atomic E-state index is -0.250. The van der Waals surface area contributed by atoms with Crippen molar-refractivity contribution in [2.45, 2.75) is 25.8 Å². The molecule has 5 nitrogen and oxygen atoms in total. The maximum absolute atomic E-state index is 11.8. The number of carbonyl (C=O) groups is 2. The Kier molecular flexibility index (Phi) is 7.14. The zero-order valence-corrected chi connectivity index (χ0v) is 12.1. The molecule has 1 atom stereocenters. The van der Waals surface area contributed by atoms with Crippen molar-refractivity contribution in [1.82, 2.24) is 10.6 Å². The molecule has 0 aliphatic rings. The van der Waals surface area contributed by atoms with Crippen LogP contribution in [0.2, 0.25) is 0 Å². The van der Waals surface area contributed by atoms with E-state index in [1.165, 1.54) is 18.3 Å².